The minimum absolute atomic E-state index is 0.0127. The van der Waals surface area contributed by atoms with E-state index in [-0.39, 0.29) is 18.2 Å². The number of carbonyl (C=O) groups is 3. The number of Topliss-reactive ketones (excluding diaryl/α,β-unsaturated/α-hetero) is 1. The maximum atomic E-state index is 14.2. The third-order valence-electron chi connectivity index (χ3n) is 8.45. The summed E-state index contributed by atoms with van der Waals surface area (Å²) in [5.41, 5.74) is 3.77. The van der Waals surface area contributed by atoms with Crippen LogP contribution in [-0.2, 0) is 9.59 Å². The highest BCUT2D eigenvalue weighted by molar-refractivity contribution is 6.21. The lowest BCUT2D eigenvalue weighted by atomic mass is 9.68. The average Bonchev–Trinajstić information content (AvgIpc) is 3.08. The molecule has 7 heteroatoms. The SMILES string of the molecule is Cc1cccc(NC(=O)N[C@@H]2N=C(c3ccccc3)c3ccccc3N(CC(=O)C(C)(C)C3CCCCC3)C2=O)c1. The van der Waals surface area contributed by atoms with Crippen LogP contribution in [0.1, 0.15) is 62.6 Å². The molecule has 1 saturated carbocycles. The van der Waals surface area contributed by atoms with Crippen molar-refractivity contribution < 1.29 is 14.4 Å². The molecule has 212 valence electrons. The third kappa shape index (κ3) is 6.24. The molecule has 1 fully saturated rings. The summed E-state index contributed by atoms with van der Waals surface area (Å²) in [6, 6.07) is 24.0. The fourth-order valence-corrected chi connectivity index (χ4v) is 5.93. The van der Waals surface area contributed by atoms with Crippen LogP contribution < -0.4 is 15.5 Å². The molecule has 1 aliphatic carbocycles. The molecule has 2 aliphatic rings. The molecular formula is C34H38N4O3. The Bertz CT molecular complexity index is 1460. The number of ketones is 1. The predicted octanol–water partition coefficient (Wildman–Crippen LogP) is 6.50. The predicted molar refractivity (Wildman–Crippen MR) is 163 cm³/mol. The summed E-state index contributed by atoms with van der Waals surface area (Å²) in [6.45, 7) is 5.87. The van der Waals surface area contributed by atoms with E-state index in [0.29, 0.717) is 17.1 Å². The molecule has 7 nitrogen and oxygen atoms in total. The largest absolute Gasteiger partial charge is 0.321 e. The second kappa shape index (κ2) is 12.1. The Morgan fingerprint density at radius 2 is 1.63 bits per heavy atom. The van der Waals surface area contributed by atoms with Gasteiger partial charge < -0.3 is 15.5 Å². The van der Waals surface area contributed by atoms with Crippen LogP contribution in [-0.4, -0.2) is 36.1 Å². The van der Waals surface area contributed by atoms with Crippen LogP contribution >= 0.6 is 0 Å². The van der Waals surface area contributed by atoms with Gasteiger partial charge in [0.15, 0.2) is 5.78 Å². The number of hydrogen-bond acceptors (Lipinski definition) is 4. The molecule has 1 atom stereocenters. The maximum Gasteiger partial charge on any atom is 0.321 e. The summed E-state index contributed by atoms with van der Waals surface area (Å²) in [5, 5.41) is 5.59. The van der Waals surface area contributed by atoms with Gasteiger partial charge in [-0.05, 0) is 49.4 Å². The van der Waals surface area contributed by atoms with E-state index in [4.69, 9.17) is 4.99 Å². The highest BCUT2D eigenvalue weighted by Gasteiger charge is 2.40. The van der Waals surface area contributed by atoms with E-state index in [1.165, 1.54) is 11.3 Å². The van der Waals surface area contributed by atoms with Gasteiger partial charge in [-0.1, -0.05) is 93.8 Å². The van der Waals surface area contributed by atoms with Crippen molar-refractivity contribution in [2.24, 2.45) is 16.3 Å². The highest BCUT2D eigenvalue weighted by Crippen LogP contribution is 2.39. The van der Waals surface area contributed by atoms with Crippen molar-refractivity contribution in [3.8, 4) is 0 Å². The molecule has 3 aromatic rings. The van der Waals surface area contributed by atoms with Crippen molar-refractivity contribution in [2.75, 3.05) is 16.8 Å². The summed E-state index contributed by atoms with van der Waals surface area (Å²) in [4.78, 5) is 47.6. The Labute approximate surface area is 242 Å². The smallest absolute Gasteiger partial charge is 0.308 e. The van der Waals surface area contributed by atoms with Crippen LogP contribution in [0.4, 0.5) is 16.2 Å². The number of urea groups is 1. The van der Waals surface area contributed by atoms with E-state index in [9.17, 15) is 14.4 Å². The second-order valence-corrected chi connectivity index (χ2v) is 11.6. The van der Waals surface area contributed by atoms with Crippen LogP contribution in [0.25, 0.3) is 0 Å². The Morgan fingerprint density at radius 1 is 0.927 bits per heavy atom. The Balaban J connectivity index is 1.50. The van der Waals surface area contributed by atoms with E-state index < -0.39 is 23.5 Å². The number of aryl methyl sites for hydroxylation is 1. The minimum atomic E-state index is -1.23. The number of nitrogens with zero attached hydrogens (tertiary/aromatic N) is 2. The van der Waals surface area contributed by atoms with Gasteiger partial charge in [-0.2, -0.15) is 0 Å². The van der Waals surface area contributed by atoms with Crippen LogP contribution in [0, 0.1) is 18.3 Å². The van der Waals surface area contributed by atoms with E-state index >= 15 is 0 Å². The van der Waals surface area contributed by atoms with E-state index in [1.54, 1.807) is 6.07 Å². The zero-order valence-corrected chi connectivity index (χ0v) is 24.0. The standard InChI is InChI=1S/C34H38N4O3/c1-23-13-12-18-26(21-23)35-33(41)37-31-32(40)38(22-29(39)34(2,3)25-16-8-5-9-17-25)28-20-11-10-19-27(28)30(36-31)24-14-6-4-7-15-24/h4,6-7,10-15,18-21,25,31H,5,8-9,16-17,22H2,1-3H3,(H2,35,37,41)/t31-/m0/s1. The number of para-hydroxylation sites is 1. The van der Waals surface area contributed by atoms with Gasteiger partial charge in [0.25, 0.3) is 5.91 Å². The normalized spacial score (nSPS) is 17.7. The molecule has 1 heterocycles. The first-order valence-corrected chi connectivity index (χ1v) is 14.5. The van der Waals surface area contributed by atoms with Gasteiger partial charge in [0.2, 0.25) is 6.17 Å². The summed E-state index contributed by atoms with van der Waals surface area (Å²) >= 11 is 0. The van der Waals surface area contributed by atoms with Gasteiger partial charge in [-0.15, -0.1) is 0 Å². The minimum Gasteiger partial charge on any atom is -0.308 e. The Morgan fingerprint density at radius 3 is 2.37 bits per heavy atom. The van der Waals surface area contributed by atoms with Gasteiger partial charge in [-0.25, -0.2) is 9.79 Å². The van der Waals surface area contributed by atoms with Gasteiger partial charge in [-0.3, -0.25) is 9.59 Å². The van der Waals surface area contributed by atoms with Crippen LogP contribution in [0.5, 0.6) is 0 Å². The van der Waals surface area contributed by atoms with Gasteiger partial charge in [0.05, 0.1) is 17.9 Å². The van der Waals surface area contributed by atoms with Gasteiger partial charge in [0, 0.05) is 22.2 Å². The number of fused-ring (bicyclic) bond motifs is 1. The van der Waals surface area contributed by atoms with Crippen LogP contribution in [0.2, 0.25) is 0 Å². The van der Waals surface area contributed by atoms with Crippen molar-refractivity contribution in [3.63, 3.8) is 0 Å². The van der Waals surface area contributed by atoms with Crippen molar-refractivity contribution in [2.45, 2.75) is 59.0 Å². The molecule has 0 unspecified atom stereocenters. The first kappa shape index (κ1) is 28.3. The second-order valence-electron chi connectivity index (χ2n) is 11.6. The summed E-state index contributed by atoms with van der Waals surface area (Å²) < 4.78 is 0. The lowest BCUT2D eigenvalue weighted by Gasteiger charge is -2.37. The summed E-state index contributed by atoms with van der Waals surface area (Å²) in [7, 11) is 0. The number of nitrogens with one attached hydrogen (secondary N) is 2. The molecule has 0 radical (unpaired) electrons. The maximum absolute atomic E-state index is 14.2. The number of aliphatic imine (C=N–C) groups is 1. The fourth-order valence-electron chi connectivity index (χ4n) is 5.93. The molecular weight excluding hydrogens is 512 g/mol. The number of benzodiazepines with no additional fused rings is 1. The molecule has 5 rings (SSSR count). The number of carbonyl (C=O) groups excluding carboxylic acids is 3. The molecule has 3 amide bonds. The molecule has 0 aromatic heterocycles. The monoisotopic (exact) mass is 550 g/mol. The van der Waals surface area contributed by atoms with E-state index in [2.05, 4.69) is 10.6 Å². The number of hydrogen-bond donors (Lipinski definition) is 2. The number of benzene rings is 3. The quantitative estimate of drug-likeness (QED) is 0.352. The van der Waals surface area contributed by atoms with Crippen LogP contribution in [0.15, 0.2) is 83.9 Å². The molecule has 1 aliphatic heterocycles. The van der Waals surface area contributed by atoms with E-state index in [1.807, 2.05) is 93.6 Å². The number of rotatable bonds is 7. The Hall–Kier alpha value is -4.26. The van der Waals surface area contributed by atoms with Gasteiger partial charge >= 0.3 is 6.03 Å². The first-order chi connectivity index (χ1) is 19.7. The zero-order chi connectivity index (χ0) is 29.0. The molecule has 3 aromatic carbocycles. The van der Waals surface area contributed by atoms with E-state index in [0.717, 1.165) is 42.4 Å². The fraction of sp³-hybridized carbons (Fsp3) is 0.353. The van der Waals surface area contributed by atoms with Crippen molar-refractivity contribution in [3.05, 3.63) is 95.6 Å². The Kier molecular flexibility index (Phi) is 8.34. The van der Waals surface area contributed by atoms with Crippen LogP contribution in [0.3, 0.4) is 0 Å². The molecule has 41 heavy (non-hydrogen) atoms. The van der Waals surface area contributed by atoms with Gasteiger partial charge in [0.1, 0.15) is 0 Å². The average molecular weight is 551 g/mol. The molecule has 2 N–H and O–H groups in total. The summed E-state index contributed by atoms with van der Waals surface area (Å²) in [5.74, 6) is -0.152. The molecule has 0 saturated heterocycles. The molecule has 0 bridgehead atoms. The number of anilines is 2. The summed E-state index contributed by atoms with van der Waals surface area (Å²) in [6.07, 6.45) is 4.28. The first-order valence-electron chi connectivity index (χ1n) is 14.5. The third-order valence-corrected chi connectivity index (χ3v) is 8.45. The lowest BCUT2D eigenvalue weighted by Crippen LogP contribution is -2.51. The van der Waals surface area contributed by atoms with Crippen molar-refractivity contribution >= 4 is 34.8 Å². The highest BCUT2D eigenvalue weighted by atomic mass is 16.2. The van der Waals surface area contributed by atoms with Crippen molar-refractivity contribution in [1.29, 1.82) is 0 Å². The zero-order valence-electron chi connectivity index (χ0n) is 24.0. The van der Waals surface area contributed by atoms with Crippen molar-refractivity contribution in [1.82, 2.24) is 5.32 Å². The number of amides is 3. The lowest BCUT2D eigenvalue weighted by molar-refractivity contribution is -0.131. The topological polar surface area (TPSA) is 90.9 Å². The molecule has 0 spiro atoms.